The van der Waals surface area contributed by atoms with Crippen molar-refractivity contribution < 1.29 is 24.0 Å². The van der Waals surface area contributed by atoms with E-state index in [9.17, 15) is 4.79 Å². The van der Waals surface area contributed by atoms with Crippen LogP contribution in [0, 0.1) is 0 Å². The third-order valence-corrected chi connectivity index (χ3v) is 6.14. The van der Waals surface area contributed by atoms with E-state index in [-0.39, 0.29) is 13.2 Å². The second-order valence-electron chi connectivity index (χ2n) is 8.32. The first kappa shape index (κ1) is 18.2. The third-order valence-electron chi connectivity index (χ3n) is 6.14. The molecule has 29 heavy (non-hydrogen) atoms. The number of ether oxygens (including phenoxy) is 2. The molecule has 0 aromatic heterocycles. The minimum absolute atomic E-state index is 0.0668. The molecule has 1 saturated heterocycles. The number of rotatable bonds is 4. The Morgan fingerprint density at radius 3 is 2.14 bits per heavy atom. The lowest BCUT2D eigenvalue weighted by atomic mass is 9.86. The molecule has 148 valence electrons. The Morgan fingerprint density at radius 1 is 0.828 bits per heavy atom. The molecule has 5 nitrogen and oxygen atoms in total. The van der Waals surface area contributed by atoms with E-state index < -0.39 is 17.4 Å². The number of carbonyl (C=O) groups excluding carboxylic acids is 1. The summed E-state index contributed by atoms with van der Waals surface area (Å²) < 4.78 is 10.7. The van der Waals surface area contributed by atoms with Gasteiger partial charge in [0.15, 0.2) is 5.60 Å². The van der Waals surface area contributed by atoms with Gasteiger partial charge in [0, 0.05) is 0 Å². The molecule has 0 spiro atoms. The van der Waals surface area contributed by atoms with Gasteiger partial charge in [0.05, 0.1) is 0 Å². The zero-order valence-corrected chi connectivity index (χ0v) is 16.7. The van der Waals surface area contributed by atoms with Crippen LogP contribution >= 0.6 is 0 Å². The minimum atomic E-state index is -0.719. The predicted molar refractivity (Wildman–Crippen MR) is 111 cm³/mol. The van der Waals surface area contributed by atoms with E-state index in [1.807, 2.05) is 26.8 Å². The summed E-state index contributed by atoms with van der Waals surface area (Å²) in [5.41, 5.74) is -0.249. The molecule has 0 radical (unpaired) electrons. The molecule has 1 aliphatic heterocycles. The van der Waals surface area contributed by atoms with E-state index in [4.69, 9.17) is 19.2 Å². The molecule has 1 atom stereocenters. The van der Waals surface area contributed by atoms with Gasteiger partial charge in [0.1, 0.15) is 18.8 Å². The molecule has 4 aromatic carbocycles. The van der Waals surface area contributed by atoms with Gasteiger partial charge in [-0.25, -0.2) is 14.6 Å². The van der Waals surface area contributed by atoms with Crippen molar-refractivity contribution in [3.05, 3.63) is 60.2 Å². The van der Waals surface area contributed by atoms with E-state index >= 15 is 0 Å². The Morgan fingerprint density at radius 2 is 1.48 bits per heavy atom. The molecule has 1 unspecified atom stereocenters. The smallest absolute Gasteiger partial charge is 0.431 e. The number of hydrogen-bond donors (Lipinski definition) is 0. The molecular weight excluding hydrogens is 368 g/mol. The predicted octanol–water partition coefficient (Wildman–Crippen LogP) is 5.74. The van der Waals surface area contributed by atoms with Crippen molar-refractivity contribution in [3.8, 4) is 0 Å². The molecule has 0 bridgehead atoms. The third kappa shape index (κ3) is 2.81. The van der Waals surface area contributed by atoms with Gasteiger partial charge < -0.3 is 9.47 Å². The highest BCUT2D eigenvalue weighted by atomic mass is 17.3. The van der Waals surface area contributed by atoms with Crippen LogP contribution in [-0.4, -0.2) is 24.0 Å². The average molecular weight is 390 g/mol. The molecule has 1 heterocycles. The summed E-state index contributed by atoms with van der Waals surface area (Å²) in [5.74, 6) is 0. The van der Waals surface area contributed by atoms with Crippen LogP contribution in [0.25, 0.3) is 32.3 Å². The van der Waals surface area contributed by atoms with Crippen molar-refractivity contribution in [2.45, 2.75) is 38.6 Å². The largest absolute Gasteiger partial charge is 0.508 e. The Bertz CT molecular complexity index is 1210. The summed E-state index contributed by atoms with van der Waals surface area (Å²) >= 11 is 0. The zero-order valence-electron chi connectivity index (χ0n) is 16.7. The van der Waals surface area contributed by atoms with Crippen molar-refractivity contribution in [2.24, 2.45) is 0 Å². The average Bonchev–Trinajstić information content (AvgIpc) is 2.74. The monoisotopic (exact) mass is 390 g/mol. The summed E-state index contributed by atoms with van der Waals surface area (Å²) in [4.78, 5) is 22.3. The van der Waals surface area contributed by atoms with Crippen LogP contribution in [0.15, 0.2) is 54.6 Å². The molecule has 0 aliphatic carbocycles. The Labute approximate surface area is 168 Å². The summed E-state index contributed by atoms with van der Waals surface area (Å²) in [6.45, 7) is 5.82. The highest BCUT2D eigenvalue weighted by molar-refractivity contribution is 6.23. The Hall–Kier alpha value is -2.89. The second kappa shape index (κ2) is 6.31. The maximum atomic E-state index is 12.1. The fourth-order valence-corrected chi connectivity index (χ4v) is 3.85. The van der Waals surface area contributed by atoms with Gasteiger partial charge in [-0.05, 0) is 58.7 Å². The highest BCUT2D eigenvalue weighted by Gasteiger charge is 2.55. The topological polar surface area (TPSA) is 54.0 Å². The fraction of sp³-hybridized carbons (Fsp3) is 0.292. The van der Waals surface area contributed by atoms with Crippen molar-refractivity contribution >= 4 is 38.5 Å². The number of benzene rings is 4. The standard InChI is InChI=1S/C24H22O5/c1-23(2)24(3,29-28-23)14-27-22(25)26-13-18-10-9-17-8-7-15-5-4-6-16-11-12-19(18)21(17)20(15)16/h4-12H,13-14H2,1-3H3. The van der Waals surface area contributed by atoms with Gasteiger partial charge in [-0.15, -0.1) is 0 Å². The SMILES string of the molecule is CC1(C)OOC1(C)COC(=O)OCc1ccc2ccc3cccc4ccc1c2c34. The quantitative estimate of drug-likeness (QED) is 0.253. The van der Waals surface area contributed by atoms with Gasteiger partial charge in [-0.2, -0.15) is 0 Å². The maximum Gasteiger partial charge on any atom is 0.508 e. The van der Waals surface area contributed by atoms with Crippen LogP contribution in [0.4, 0.5) is 4.79 Å². The van der Waals surface area contributed by atoms with Gasteiger partial charge in [-0.3, -0.25) is 0 Å². The van der Waals surface area contributed by atoms with E-state index in [2.05, 4.69) is 48.5 Å². The van der Waals surface area contributed by atoms with Gasteiger partial charge in [0.25, 0.3) is 0 Å². The van der Waals surface area contributed by atoms with E-state index in [1.54, 1.807) is 0 Å². The Kier molecular flexibility index (Phi) is 3.95. The summed E-state index contributed by atoms with van der Waals surface area (Å²) in [6.07, 6.45) is -0.719. The van der Waals surface area contributed by atoms with Crippen LogP contribution in [0.3, 0.4) is 0 Å². The molecule has 0 N–H and O–H groups in total. The lowest BCUT2D eigenvalue weighted by Crippen LogP contribution is -2.64. The molecule has 5 rings (SSSR count). The molecule has 0 amide bonds. The van der Waals surface area contributed by atoms with Gasteiger partial charge >= 0.3 is 6.16 Å². The first-order valence-electron chi connectivity index (χ1n) is 9.70. The first-order valence-corrected chi connectivity index (χ1v) is 9.70. The first-order chi connectivity index (χ1) is 13.9. The normalized spacial score (nSPS) is 20.8. The number of carbonyl (C=O) groups is 1. The molecule has 4 aromatic rings. The van der Waals surface area contributed by atoms with Crippen molar-refractivity contribution in [1.29, 1.82) is 0 Å². The second-order valence-corrected chi connectivity index (χ2v) is 8.32. The van der Waals surface area contributed by atoms with E-state index in [1.165, 1.54) is 26.9 Å². The van der Waals surface area contributed by atoms with E-state index in [0.717, 1.165) is 10.9 Å². The summed E-state index contributed by atoms with van der Waals surface area (Å²) in [5, 5.41) is 7.11. The van der Waals surface area contributed by atoms with Crippen LogP contribution in [0.2, 0.25) is 0 Å². The lowest BCUT2D eigenvalue weighted by molar-refractivity contribution is -0.543. The van der Waals surface area contributed by atoms with Crippen LogP contribution in [-0.2, 0) is 25.9 Å². The molecule has 0 saturated carbocycles. The molecule has 5 heteroatoms. The minimum Gasteiger partial charge on any atom is -0.431 e. The van der Waals surface area contributed by atoms with Crippen molar-refractivity contribution in [2.75, 3.05) is 6.61 Å². The molecule has 1 fully saturated rings. The van der Waals surface area contributed by atoms with Gasteiger partial charge in [0.2, 0.25) is 0 Å². The van der Waals surface area contributed by atoms with Crippen LogP contribution < -0.4 is 0 Å². The zero-order chi connectivity index (χ0) is 20.2. The van der Waals surface area contributed by atoms with Gasteiger partial charge in [-0.1, -0.05) is 54.6 Å². The van der Waals surface area contributed by atoms with E-state index in [0.29, 0.717) is 0 Å². The lowest BCUT2D eigenvalue weighted by Gasteiger charge is -2.49. The van der Waals surface area contributed by atoms with Crippen LogP contribution in [0.1, 0.15) is 26.3 Å². The molecule has 1 aliphatic rings. The van der Waals surface area contributed by atoms with Crippen molar-refractivity contribution in [1.82, 2.24) is 0 Å². The van der Waals surface area contributed by atoms with Crippen LogP contribution in [0.5, 0.6) is 0 Å². The number of hydrogen-bond acceptors (Lipinski definition) is 5. The fourth-order valence-electron chi connectivity index (χ4n) is 3.85. The summed E-state index contributed by atoms with van der Waals surface area (Å²) in [6, 6.07) is 18.9. The Balaban J connectivity index is 1.37. The highest BCUT2D eigenvalue weighted by Crippen LogP contribution is 2.40. The van der Waals surface area contributed by atoms with Crippen molar-refractivity contribution in [3.63, 3.8) is 0 Å². The summed E-state index contributed by atoms with van der Waals surface area (Å²) in [7, 11) is 0. The maximum absolute atomic E-state index is 12.1. The molecular formula is C24H22O5.